The van der Waals surface area contributed by atoms with Crippen LogP contribution in [0.5, 0.6) is 17.2 Å². The summed E-state index contributed by atoms with van der Waals surface area (Å²) in [6, 6.07) is 16.4. The number of carbonyl (C=O) groups is 1. The first-order valence-corrected chi connectivity index (χ1v) is 12.0. The molecule has 9 heteroatoms. The summed E-state index contributed by atoms with van der Waals surface area (Å²) in [6.45, 7) is 5.56. The number of rotatable bonds is 9. The second-order valence-electron chi connectivity index (χ2n) is 7.71. The van der Waals surface area contributed by atoms with Crippen molar-refractivity contribution in [2.45, 2.75) is 31.8 Å². The van der Waals surface area contributed by atoms with Gasteiger partial charge in [0.05, 0.1) is 24.8 Å². The Kier molecular flexibility index (Phi) is 7.68. The van der Waals surface area contributed by atoms with Crippen molar-refractivity contribution in [3.05, 3.63) is 71.8 Å². The van der Waals surface area contributed by atoms with Crippen molar-refractivity contribution in [2.75, 3.05) is 24.3 Å². The van der Waals surface area contributed by atoms with Crippen molar-refractivity contribution < 1.29 is 27.4 Å². The smallest absolute Gasteiger partial charge is 0.265 e. The first-order chi connectivity index (χ1) is 16.1. The fourth-order valence-corrected chi connectivity index (χ4v) is 4.30. The van der Waals surface area contributed by atoms with Crippen LogP contribution in [0.15, 0.2) is 65.6 Å². The minimum absolute atomic E-state index is 0.0231. The van der Waals surface area contributed by atoms with E-state index in [0.717, 1.165) is 11.1 Å². The second kappa shape index (κ2) is 10.5. The van der Waals surface area contributed by atoms with Crippen LogP contribution in [0.3, 0.4) is 0 Å². The van der Waals surface area contributed by atoms with Gasteiger partial charge in [0.25, 0.3) is 15.9 Å². The van der Waals surface area contributed by atoms with Gasteiger partial charge in [0, 0.05) is 11.8 Å². The largest absolute Gasteiger partial charge is 0.497 e. The lowest BCUT2D eigenvalue weighted by molar-refractivity contribution is -0.122. The van der Waals surface area contributed by atoms with E-state index in [9.17, 15) is 13.2 Å². The maximum absolute atomic E-state index is 12.9. The van der Waals surface area contributed by atoms with Crippen LogP contribution >= 0.6 is 0 Å². The monoisotopic (exact) mass is 484 g/mol. The van der Waals surface area contributed by atoms with Crippen LogP contribution in [0.2, 0.25) is 0 Å². The van der Waals surface area contributed by atoms with Crippen LogP contribution in [-0.4, -0.2) is 34.6 Å². The van der Waals surface area contributed by atoms with Crippen LogP contribution in [0.1, 0.15) is 18.1 Å². The number of amides is 1. The molecule has 0 heterocycles. The average Bonchev–Trinajstić information content (AvgIpc) is 2.80. The first kappa shape index (κ1) is 24.9. The van der Waals surface area contributed by atoms with Gasteiger partial charge in [-0.1, -0.05) is 17.7 Å². The van der Waals surface area contributed by atoms with E-state index in [4.69, 9.17) is 14.2 Å². The fraction of sp³-hybridized carbons (Fsp3) is 0.240. The number of benzene rings is 3. The third-order valence-electron chi connectivity index (χ3n) is 5.09. The zero-order valence-corrected chi connectivity index (χ0v) is 20.5. The molecule has 0 radical (unpaired) electrons. The molecule has 0 spiro atoms. The van der Waals surface area contributed by atoms with E-state index in [0.29, 0.717) is 22.9 Å². The lowest BCUT2D eigenvalue weighted by atomic mass is 10.1. The Bertz CT molecular complexity index is 1270. The highest BCUT2D eigenvalue weighted by Crippen LogP contribution is 2.31. The highest BCUT2D eigenvalue weighted by Gasteiger charge is 2.19. The molecule has 0 aliphatic carbocycles. The van der Waals surface area contributed by atoms with Gasteiger partial charge in [-0.25, -0.2) is 8.42 Å². The third kappa shape index (κ3) is 5.99. The van der Waals surface area contributed by atoms with Gasteiger partial charge in [-0.2, -0.15) is 0 Å². The minimum atomic E-state index is -3.90. The summed E-state index contributed by atoms with van der Waals surface area (Å²) < 4.78 is 44.4. The van der Waals surface area contributed by atoms with E-state index < -0.39 is 16.1 Å². The van der Waals surface area contributed by atoms with Gasteiger partial charge in [0.1, 0.15) is 17.2 Å². The highest BCUT2D eigenvalue weighted by atomic mass is 32.2. The number of carbonyl (C=O) groups excluding carboxylic acids is 1. The van der Waals surface area contributed by atoms with Crippen LogP contribution in [0.25, 0.3) is 0 Å². The van der Waals surface area contributed by atoms with Crippen molar-refractivity contribution in [1.29, 1.82) is 0 Å². The molecule has 0 bridgehead atoms. The molecule has 0 unspecified atom stereocenters. The van der Waals surface area contributed by atoms with Gasteiger partial charge in [-0.15, -0.1) is 0 Å². The van der Waals surface area contributed by atoms with Crippen molar-refractivity contribution >= 4 is 27.3 Å². The Morgan fingerprint density at radius 3 is 2.18 bits per heavy atom. The van der Waals surface area contributed by atoms with Crippen molar-refractivity contribution in [3.63, 3.8) is 0 Å². The maximum atomic E-state index is 12.9. The van der Waals surface area contributed by atoms with Gasteiger partial charge in [0.2, 0.25) is 0 Å². The summed E-state index contributed by atoms with van der Waals surface area (Å²) in [5.41, 5.74) is 2.74. The summed E-state index contributed by atoms with van der Waals surface area (Å²) in [5.74, 6) is 1.11. The summed E-state index contributed by atoms with van der Waals surface area (Å²) in [6.07, 6.45) is -0.744. The molecular weight excluding hydrogens is 456 g/mol. The zero-order valence-electron chi connectivity index (χ0n) is 19.7. The Balaban J connectivity index is 1.68. The van der Waals surface area contributed by atoms with Gasteiger partial charge >= 0.3 is 0 Å². The summed E-state index contributed by atoms with van der Waals surface area (Å²) in [5, 5.41) is 2.74. The number of anilines is 2. The SMILES string of the molecule is COc1ccc(OC)c(NS(=O)(=O)c2ccc(NC(=O)[C@@H](C)Oc3ccc(C)cc3C)cc2)c1. The molecular formula is C25H28N2O6S. The summed E-state index contributed by atoms with van der Waals surface area (Å²) >= 11 is 0. The fourth-order valence-electron chi connectivity index (χ4n) is 3.23. The number of hydrogen-bond donors (Lipinski definition) is 2. The van der Waals surface area contributed by atoms with Gasteiger partial charge < -0.3 is 19.5 Å². The first-order valence-electron chi connectivity index (χ1n) is 10.5. The minimum Gasteiger partial charge on any atom is -0.497 e. The Morgan fingerprint density at radius 2 is 1.56 bits per heavy atom. The van der Waals surface area contributed by atoms with E-state index in [-0.39, 0.29) is 16.5 Å². The zero-order chi connectivity index (χ0) is 24.9. The quantitative estimate of drug-likeness (QED) is 0.463. The lowest BCUT2D eigenvalue weighted by Gasteiger charge is -2.17. The van der Waals surface area contributed by atoms with E-state index in [1.165, 1.54) is 44.6 Å². The third-order valence-corrected chi connectivity index (χ3v) is 6.47. The van der Waals surface area contributed by atoms with Crippen LogP contribution in [0.4, 0.5) is 11.4 Å². The number of ether oxygens (including phenoxy) is 3. The molecule has 0 fully saturated rings. The number of sulfonamides is 1. The summed E-state index contributed by atoms with van der Waals surface area (Å²) in [4.78, 5) is 12.6. The van der Waals surface area contributed by atoms with E-state index in [1.54, 1.807) is 19.1 Å². The van der Waals surface area contributed by atoms with Crippen LogP contribution in [-0.2, 0) is 14.8 Å². The molecule has 0 saturated heterocycles. The number of nitrogens with one attached hydrogen (secondary N) is 2. The lowest BCUT2D eigenvalue weighted by Crippen LogP contribution is -2.30. The molecule has 180 valence electrons. The Labute approximate surface area is 199 Å². The molecule has 8 nitrogen and oxygen atoms in total. The molecule has 1 amide bonds. The molecule has 0 saturated carbocycles. The van der Waals surface area contributed by atoms with Crippen molar-refractivity contribution in [1.82, 2.24) is 0 Å². The number of aryl methyl sites for hydroxylation is 2. The van der Waals surface area contributed by atoms with Crippen LogP contribution < -0.4 is 24.2 Å². The highest BCUT2D eigenvalue weighted by molar-refractivity contribution is 7.92. The van der Waals surface area contributed by atoms with Crippen molar-refractivity contribution in [2.24, 2.45) is 0 Å². The van der Waals surface area contributed by atoms with E-state index in [2.05, 4.69) is 10.0 Å². The van der Waals surface area contributed by atoms with Gasteiger partial charge in [-0.05, 0) is 68.8 Å². The van der Waals surface area contributed by atoms with Gasteiger partial charge in [-0.3, -0.25) is 9.52 Å². The topological polar surface area (TPSA) is 103 Å². The normalized spacial score (nSPS) is 11.9. The molecule has 1 atom stereocenters. The molecule has 2 N–H and O–H groups in total. The average molecular weight is 485 g/mol. The molecule has 0 aromatic heterocycles. The maximum Gasteiger partial charge on any atom is 0.265 e. The standard InChI is InChI=1S/C25H28N2O6S/c1-16-6-12-23(17(2)14-16)33-18(3)25(28)26-19-7-10-21(11-8-19)34(29,30)27-22-15-20(31-4)9-13-24(22)32-5/h6-15,18,27H,1-5H3,(H,26,28)/t18-/m1/s1. The van der Waals surface area contributed by atoms with E-state index >= 15 is 0 Å². The Hall–Kier alpha value is -3.72. The molecule has 0 aliphatic rings. The summed E-state index contributed by atoms with van der Waals surface area (Å²) in [7, 11) is -0.971. The number of methoxy groups -OCH3 is 2. The Morgan fingerprint density at radius 1 is 0.882 bits per heavy atom. The van der Waals surface area contributed by atoms with E-state index in [1.807, 2.05) is 32.0 Å². The van der Waals surface area contributed by atoms with Crippen molar-refractivity contribution in [3.8, 4) is 17.2 Å². The van der Waals surface area contributed by atoms with Gasteiger partial charge in [0.15, 0.2) is 6.10 Å². The molecule has 3 aromatic carbocycles. The molecule has 3 rings (SSSR count). The predicted molar refractivity (Wildman–Crippen MR) is 131 cm³/mol. The molecule has 0 aliphatic heterocycles. The second-order valence-corrected chi connectivity index (χ2v) is 9.40. The molecule has 3 aromatic rings. The number of hydrogen-bond acceptors (Lipinski definition) is 6. The molecule has 34 heavy (non-hydrogen) atoms. The van der Waals surface area contributed by atoms with Crippen LogP contribution in [0, 0.1) is 13.8 Å². The predicted octanol–water partition coefficient (Wildman–Crippen LogP) is 4.53.